The van der Waals surface area contributed by atoms with Gasteiger partial charge in [-0.1, -0.05) is 66.5 Å². The third kappa shape index (κ3) is 31.5. The average Bonchev–Trinajstić information content (AvgIpc) is 2.50. The van der Waals surface area contributed by atoms with Crippen LogP contribution in [0.25, 0.3) is 0 Å². The molecule has 0 N–H and O–H groups in total. The summed E-state index contributed by atoms with van der Waals surface area (Å²) in [5, 5.41) is 0. The molecule has 0 unspecified atom stereocenters. The van der Waals surface area contributed by atoms with Gasteiger partial charge in [0, 0.05) is 0 Å². The first kappa shape index (κ1) is 29.1. The molecule has 0 aliphatic carbocycles. The van der Waals surface area contributed by atoms with Crippen molar-refractivity contribution in [3.8, 4) is 0 Å². The van der Waals surface area contributed by atoms with Crippen LogP contribution in [0.4, 0.5) is 13.2 Å². The van der Waals surface area contributed by atoms with Gasteiger partial charge in [-0.25, -0.2) is 0 Å². The molecule has 0 saturated carbocycles. The predicted octanol–water partition coefficient (Wildman–Crippen LogP) is 8.03. The zero-order valence-electron chi connectivity index (χ0n) is 16.0. The average molecular weight is 326 g/mol. The van der Waals surface area contributed by atoms with Crippen molar-refractivity contribution in [2.45, 2.75) is 94.4 Å². The zero-order chi connectivity index (χ0) is 18.6. The van der Waals surface area contributed by atoms with Crippen LogP contribution in [0.15, 0.2) is 23.5 Å². The molecule has 0 radical (unpaired) electrons. The summed E-state index contributed by atoms with van der Waals surface area (Å²) in [5.41, 5.74) is 1.56. The van der Waals surface area contributed by atoms with E-state index in [-0.39, 0.29) is 5.76 Å². The van der Waals surface area contributed by atoms with E-state index in [0.29, 0.717) is 6.42 Å². The summed E-state index contributed by atoms with van der Waals surface area (Å²) in [4.78, 5) is 0. The van der Waals surface area contributed by atoms with Gasteiger partial charge in [-0.05, 0) is 39.2 Å². The number of hydrogen-bond acceptors (Lipinski definition) is 1. The number of hydrogen-bond donors (Lipinski definition) is 0. The second-order valence-corrected chi connectivity index (χ2v) is 3.81. The zero-order valence-corrected chi connectivity index (χ0v) is 16.0. The Morgan fingerprint density at radius 3 is 1.55 bits per heavy atom. The molecule has 22 heavy (non-hydrogen) atoms. The Balaban J connectivity index is -0.000000127. The first-order valence-electron chi connectivity index (χ1n) is 8.37. The van der Waals surface area contributed by atoms with E-state index < -0.39 is 6.36 Å². The van der Waals surface area contributed by atoms with Gasteiger partial charge in [-0.3, -0.25) is 0 Å². The number of allylic oxidation sites excluding steroid dienone is 4. The minimum absolute atomic E-state index is 0.0839. The molecule has 136 valence electrons. The third-order valence-corrected chi connectivity index (χ3v) is 2.31. The van der Waals surface area contributed by atoms with E-state index in [9.17, 15) is 13.2 Å². The van der Waals surface area contributed by atoms with Crippen molar-refractivity contribution in [2.24, 2.45) is 0 Å². The second-order valence-electron chi connectivity index (χ2n) is 3.81. The molecular formula is C18H37F3O. The van der Waals surface area contributed by atoms with E-state index in [2.05, 4.69) is 31.6 Å². The number of unbranched alkanes of at least 4 members (excludes halogenated alkanes) is 1. The number of ether oxygens (including phenoxy) is 1. The molecule has 0 rings (SSSR count). The van der Waals surface area contributed by atoms with E-state index in [1.807, 2.05) is 34.6 Å². The molecule has 0 aromatic heterocycles. The molecule has 0 aromatic rings. The Labute approximate surface area is 136 Å². The smallest absolute Gasteiger partial charge is 0.411 e. The van der Waals surface area contributed by atoms with Crippen LogP contribution in [0.2, 0.25) is 0 Å². The fourth-order valence-electron chi connectivity index (χ4n) is 1.23. The van der Waals surface area contributed by atoms with Gasteiger partial charge < -0.3 is 4.74 Å². The van der Waals surface area contributed by atoms with Gasteiger partial charge in [-0.15, -0.1) is 13.2 Å². The van der Waals surface area contributed by atoms with Crippen LogP contribution in [0.3, 0.4) is 0 Å². The number of rotatable bonds is 5. The van der Waals surface area contributed by atoms with E-state index in [4.69, 9.17) is 0 Å². The Hall–Kier alpha value is -0.930. The maximum absolute atomic E-state index is 11.5. The van der Waals surface area contributed by atoms with Crippen LogP contribution in [0.1, 0.15) is 88.0 Å². The summed E-state index contributed by atoms with van der Waals surface area (Å²) in [5.74, 6) is -0.0839. The fraction of sp³-hybridized carbons (Fsp3) is 0.778. The van der Waals surface area contributed by atoms with Crippen LogP contribution < -0.4 is 0 Å². The Kier molecular flexibility index (Phi) is 29.6. The lowest BCUT2D eigenvalue weighted by atomic mass is 10.1. The highest BCUT2D eigenvalue weighted by atomic mass is 19.4. The minimum atomic E-state index is -4.55. The van der Waals surface area contributed by atoms with Crippen molar-refractivity contribution in [1.82, 2.24) is 0 Å². The van der Waals surface area contributed by atoms with Crippen LogP contribution in [-0.2, 0) is 4.74 Å². The van der Waals surface area contributed by atoms with E-state index >= 15 is 0 Å². The number of alkyl halides is 3. The lowest BCUT2D eigenvalue weighted by Crippen LogP contribution is -2.11. The van der Waals surface area contributed by atoms with Crippen LogP contribution in [-0.4, -0.2) is 6.36 Å². The van der Waals surface area contributed by atoms with Gasteiger partial charge in [0.2, 0.25) is 0 Å². The van der Waals surface area contributed by atoms with E-state index in [0.717, 1.165) is 6.42 Å². The summed E-state index contributed by atoms with van der Waals surface area (Å²) in [7, 11) is 0. The maximum atomic E-state index is 11.5. The monoisotopic (exact) mass is 326 g/mol. The van der Waals surface area contributed by atoms with Crippen molar-refractivity contribution in [1.29, 1.82) is 0 Å². The quantitative estimate of drug-likeness (QED) is 0.367. The minimum Gasteiger partial charge on any atom is -0.411 e. The number of halogens is 3. The van der Waals surface area contributed by atoms with Crippen molar-refractivity contribution in [3.05, 3.63) is 23.5 Å². The molecule has 0 atom stereocenters. The van der Waals surface area contributed by atoms with Crippen LogP contribution >= 0.6 is 0 Å². The molecule has 0 amide bonds. The van der Waals surface area contributed by atoms with Crippen molar-refractivity contribution < 1.29 is 17.9 Å². The van der Waals surface area contributed by atoms with E-state index in [1.54, 1.807) is 5.57 Å². The maximum Gasteiger partial charge on any atom is 0.572 e. The summed E-state index contributed by atoms with van der Waals surface area (Å²) in [6.45, 7) is 17.7. The van der Waals surface area contributed by atoms with Gasteiger partial charge in [-0.2, -0.15) is 0 Å². The Bertz CT molecular complexity index is 248. The predicted molar refractivity (Wildman–Crippen MR) is 92.8 cm³/mol. The molecule has 0 aliphatic rings. The molecule has 0 aromatic carbocycles. The van der Waals surface area contributed by atoms with Crippen molar-refractivity contribution in [3.63, 3.8) is 0 Å². The molecule has 0 aliphatic heterocycles. The summed E-state index contributed by atoms with van der Waals surface area (Å²) >= 11 is 0. The third-order valence-electron chi connectivity index (χ3n) is 2.31. The Morgan fingerprint density at radius 1 is 0.955 bits per heavy atom. The van der Waals surface area contributed by atoms with Crippen molar-refractivity contribution >= 4 is 0 Å². The first-order valence-corrected chi connectivity index (χ1v) is 8.37. The van der Waals surface area contributed by atoms with Gasteiger partial charge in [0.25, 0.3) is 0 Å². The van der Waals surface area contributed by atoms with Gasteiger partial charge in [0.1, 0.15) is 0 Å². The summed E-state index contributed by atoms with van der Waals surface area (Å²) < 4.78 is 38.0. The Morgan fingerprint density at radius 2 is 1.36 bits per heavy atom. The van der Waals surface area contributed by atoms with Crippen LogP contribution in [0, 0.1) is 0 Å². The second kappa shape index (κ2) is 22.4. The summed E-state index contributed by atoms with van der Waals surface area (Å²) in [6, 6.07) is 0. The molecule has 0 spiro atoms. The lowest BCUT2D eigenvalue weighted by molar-refractivity contribution is -0.305. The fourth-order valence-corrected chi connectivity index (χ4v) is 1.23. The molecule has 0 fully saturated rings. The topological polar surface area (TPSA) is 9.23 Å². The van der Waals surface area contributed by atoms with Gasteiger partial charge in [0.15, 0.2) is 0 Å². The molecule has 0 heterocycles. The standard InChI is InChI=1S/C7H11F3O.C7H14.2C2H6/c1-3-4-5-6(2)11-7(8,9)10;1-4-7(5-2)6-3;2*1-2/h5H,3-4H2,1-2H3;4H,5-6H2,1-3H3;2*1-2H3/b6-5+;;;. The van der Waals surface area contributed by atoms with Crippen molar-refractivity contribution in [2.75, 3.05) is 0 Å². The molecule has 0 saturated heterocycles. The lowest BCUT2D eigenvalue weighted by Gasteiger charge is -2.08. The molecule has 1 nitrogen and oxygen atoms in total. The summed E-state index contributed by atoms with van der Waals surface area (Å²) in [6.07, 6.45) is 2.93. The molecule has 4 heteroatoms. The first-order chi connectivity index (χ1) is 10.3. The highest BCUT2D eigenvalue weighted by molar-refractivity contribution is 4.97. The van der Waals surface area contributed by atoms with Crippen LogP contribution in [0.5, 0.6) is 0 Å². The molecular weight excluding hydrogens is 289 g/mol. The molecule has 0 bridgehead atoms. The van der Waals surface area contributed by atoms with Gasteiger partial charge in [0.05, 0.1) is 5.76 Å². The van der Waals surface area contributed by atoms with Gasteiger partial charge >= 0.3 is 6.36 Å². The highest BCUT2D eigenvalue weighted by Gasteiger charge is 2.30. The normalized spacial score (nSPS) is 9.91. The largest absolute Gasteiger partial charge is 0.572 e. The van der Waals surface area contributed by atoms with E-state index in [1.165, 1.54) is 25.8 Å². The highest BCUT2D eigenvalue weighted by Crippen LogP contribution is 2.20. The SMILES string of the molecule is CC.CC.CC=C(CC)CC.CCC/C=C(\C)OC(F)(F)F.